The normalized spacial score (nSPS) is 12.2. The molecule has 0 saturated carbocycles. The van der Waals surface area contributed by atoms with Crippen molar-refractivity contribution in [3.05, 3.63) is 40.8 Å². The van der Waals surface area contributed by atoms with Crippen LogP contribution in [0.3, 0.4) is 0 Å². The Hall–Kier alpha value is -1.69. The van der Waals surface area contributed by atoms with Gasteiger partial charge in [-0.15, -0.1) is 0 Å². The molecular weight excluding hydrogens is 296 g/mol. The van der Waals surface area contributed by atoms with Crippen molar-refractivity contribution in [3.63, 3.8) is 0 Å². The molecule has 0 spiro atoms. The minimum absolute atomic E-state index is 0.145. The van der Waals surface area contributed by atoms with Crippen molar-refractivity contribution in [1.82, 2.24) is 14.8 Å². The molecule has 2 heterocycles. The fourth-order valence-corrected chi connectivity index (χ4v) is 1.70. The quantitative estimate of drug-likeness (QED) is 0.948. The summed E-state index contributed by atoms with van der Waals surface area (Å²) in [7, 11) is 0. The lowest BCUT2D eigenvalue weighted by molar-refractivity contribution is -0.119. The molecule has 0 radical (unpaired) electrons. The van der Waals surface area contributed by atoms with Gasteiger partial charge in [-0.05, 0) is 48.0 Å². The van der Waals surface area contributed by atoms with Gasteiger partial charge in [0.25, 0.3) is 0 Å². The molecule has 0 unspecified atom stereocenters. The topological polar surface area (TPSA) is 59.8 Å². The first-order valence-electron chi connectivity index (χ1n) is 5.51. The van der Waals surface area contributed by atoms with Crippen LogP contribution in [0.25, 0.3) is 0 Å². The lowest BCUT2D eigenvalue weighted by Gasteiger charge is -2.12. The van der Waals surface area contributed by atoms with Gasteiger partial charge in [0.05, 0.1) is 5.69 Å². The summed E-state index contributed by atoms with van der Waals surface area (Å²) in [6, 6.07) is 5.03. The van der Waals surface area contributed by atoms with Crippen LogP contribution in [-0.2, 0) is 4.79 Å². The van der Waals surface area contributed by atoms with Crippen LogP contribution in [0.5, 0.6) is 0 Å². The lowest BCUT2D eigenvalue weighted by atomic mass is 10.3. The van der Waals surface area contributed by atoms with Gasteiger partial charge < -0.3 is 5.32 Å². The summed E-state index contributed by atoms with van der Waals surface area (Å²) < 4.78 is 2.52. The van der Waals surface area contributed by atoms with Crippen molar-refractivity contribution in [3.8, 4) is 0 Å². The minimum atomic E-state index is -0.370. The van der Waals surface area contributed by atoms with Crippen LogP contribution in [-0.4, -0.2) is 20.7 Å². The van der Waals surface area contributed by atoms with E-state index >= 15 is 0 Å². The molecule has 0 aliphatic carbocycles. The first kappa shape index (κ1) is 12.8. The Balaban J connectivity index is 2.09. The van der Waals surface area contributed by atoms with Crippen LogP contribution in [0.2, 0.25) is 0 Å². The molecular formula is C12H13BrN4O. The molecule has 0 bridgehead atoms. The van der Waals surface area contributed by atoms with Gasteiger partial charge in [0.2, 0.25) is 5.91 Å². The Morgan fingerprint density at radius 1 is 1.50 bits per heavy atom. The monoisotopic (exact) mass is 308 g/mol. The van der Waals surface area contributed by atoms with Gasteiger partial charge in [0, 0.05) is 16.9 Å². The van der Waals surface area contributed by atoms with Gasteiger partial charge in [0.1, 0.15) is 11.9 Å². The maximum absolute atomic E-state index is 12.0. The Morgan fingerprint density at radius 3 is 2.89 bits per heavy atom. The van der Waals surface area contributed by atoms with Gasteiger partial charge in [-0.2, -0.15) is 5.10 Å². The van der Waals surface area contributed by atoms with Crippen LogP contribution in [0, 0.1) is 6.92 Å². The highest BCUT2D eigenvalue weighted by atomic mass is 79.9. The summed E-state index contributed by atoms with van der Waals surface area (Å²) in [6.07, 6.45) is 3.40. The molecule has 0 aliphatic heterocycles. The largest absolute Gasteiger partial charge is 0.309 e. The standard InChI is InChI=1S/C12H13BrN4O/c1-8-10(13)4-5-11(15-8)16-12(18)9(2)17-7-3-6-14-17/h3-7,9H,1-2H3,(H,15,16,18)/t9-/m1/s1. The van der Waals surface area contributed by atoms with Crippen molar-refractivity contribution in [1.29, 1.82) is 0 Å². The number of carbonyl (C=O) groups excluding carboxylic acids is 1. The zero-order valence-electron chi connectivity index (χ0n) is 10.1. The highest BCUT2D eigenvalue weighted by Gasteiger charge is 2.15. The molecule has 1 N–H and O–H groups in total. The second-order valence-corrected chi connectivity index (χ2v) is 4.77. The van der Waals surface area contributed by atoms with E-state index in [4.69, 9.17) is 0 Å². The molecule has 0 aliphatic rings. The minimum Gasteiger partial charge on any atom is -0.309 e. The number of nitrogens with zero attached hydrogens (tertiary/aromatic N) is 3. The van der Waals surface area contributed by atoms with Crippen molar-refractivity contribution in [2.24, 2.45) is 0 Å². The van der Waals surface area contributed by atoms with E-state index in [-0.39, 0.29) is 11.9 Å². The maximum atomic E-state index is 12.0. The number of nitrogens with one attached hydrogen (secondary N) is 1. The number of pyridine rings is 1. The molecule has 6 heteroatoms. The SMILES string of the molecule is Cc1nc(NC(=O)[C@@H](C)n2cccn2)ccc1Br. The summed E-state index contributed by atoms with van der Waals surface area (Å²) in [5.74, 6) is 0.396. The summed E-state index contributed by atoms with van der Waals surface area (Å²) in [5.41, 5.74) is 0.833. The number of anilines is 1. The number of aryl methyl sites for hydroxylation is 1. The summed E-state index contributed by atoms with van der Waals surface area (Å²) in [6.45, 7) is 3.66. The fraction of sp³-hybridized carbons (Fsp3) is 0.250. The number of hydrogen-bond donors (Lipinski definition) is 1. The van der Waals surface area contributed by atoms with Gasteiger partial charge >= 0.3 is 0 Å². The van der Waals surface area contributed by atoms with Crippen molar-refractivity contribution in [2.75, 3.05) is 5.32 Å². The summed E-state index contributed by atoms with van der Waals surface area (Å²) >= 11 is 3.37. The predicted octanol–water partition coefficient (Wildman–Crippen LogP) is 2.55. The number of aromatic nitrogens is 3. The zero-order chi connectivity index (χ0) is 13.1. The van der Waals surface area contributed by atoms with E-state index in [0.29, 0.717) is 5.82 Å². The highest BCUT2D eigenvalue weighted by Crippen LogP contribution is 2.17. The first-order chi connectivity index (χ1) is 8.58. The Morgan fingerprint density at radius 2 is 2.28 bits per heavy atom. The van der Waals surface area contributed by atoms with E-state index < -0.39 is 0 Å². The van der Waals surface area contributed by atoms with Crippen LogP contribution >= 0.6 is 15.9 Å². The maximum Gasteiger partial charge on any atom is 0.250 e. The van der Waals surface area contributed by atoms with E-state index in [2.05, 4.69) is 31.3 Å². The Labute approximate surface area is 113 Å². The van der Waals surface area contributed by atoms with E-state index in [1.165, 1.54) is 0 Å². The van der Waals surface area contributed by atoms with Crippen molar-refractivity contribution >= 4 is 27.7 Å². The number of hydrogen-bond acceptors (Lipinski definition) is 3. The zero-order valence-corrected chi connectivity index (χ0v) is 11.7. The second-order valence-electron chi connectivity index (χ2n) is 3.92. The third kappa shape index (κ3) is 2.76. The Bertz CT molecular complexity index is 553. The fourth-order valence-electron chi connectivity index (χ4n) is 1.47. The molecule has 1 amide bonds. The third-order valence-corrected chi connectivity index (χ3v) is 3.41. The van der Waals surface area contributed by atoms with E-state index in [9.17, 15) is 4.79 Å². The predicted molar refractivity (Wildman–Crippen MR) is 72.2 cm³/mol. The highest BCUT2D eigenvalue weighted by molar-refractivity contribution is 9.10. The van der Waals surface area contributed by atoms with Crippen molar-refractivity contribution in [2.45, 2.75) is 19.9 Å². The van der Waals surface area contributed by atoms with Crippen LogP contribution < -0.4 is 5.32 Å². The molecule has 1 atom stereocenters. The van der Waals surface area contributed by atoms with Crippen LogP contribution in [0.15, 0.2) is 35.1 Å². The van der Waals surface area contributed by atoms with E-state index in [1.807, 2.05) is 13.0 Å². The number of rotatable bonds is 3. The van der Waals surface area contributed by atoms with E-state index in [0.717, 1.165) is 10.2 Å². The summed E-state index contributed by atoms with van der Waals surface area (Å²) in [5, 5.41) is 6.80. The molecule has 0 aromatic carbocycles. The van der Waals surface area contributed by atoms with Crippen LogP contribution in [0.1, 0.15) is 18.7 Å². The lowest BCUT2D eigenvalue weighted by Crippen LogP contribution is -2.24. The number of halogens is 1. The molecule has 5 nitrogen and oxygen atoms in total. The average molecular weight is 309 g/mol. The van der Waals surface area contributed by atoms with Crippen molar-refractivity contribution < 1.29 is 4.79 Å². The van der Waals surface area contributed by atoms with Crippen LogP contribution in [0.4, 0.5) is 5.82 Å². The molecule has 0 fully saturated rings. The molecule has 2 aromatic rings. The molecule has 2 rings (SSSR count). The molecule has 0 saturated heterocycles. The van der Waals surface area contributed by atoms with Gasteiger partial charge in [0.15, 0.2) is 0 Å². The first-order valence-corrected chi connectivity index (χ1v) is 6.30. The molecule has 94 valence electrons. The third-order valence-electron chi connectivity index (χ3n) is 2.57. The van der Waals surface area contributed by atoms with Gasteiger partial charge in [-0.25, -0.2) is 4.98 Å². The number of carbonyl (C=O) groups is 1. The molecule has 18 heavy (non-hydrogen) atoms. The smallest absolute Gasteiger partial charge is 0.250 e. The van der Waals surface area contributed by atoms with Gasteiger partial charge in [-0.3, -0.25) is 9.48 Å². The van der Waals surface area contributed by atoms with Gasteiger partial charge in [-0.1, -0.05) is 0 Å². The van der Waals surface area contributed by atoms with E-state index in [1.54, 1.807) is 36.1 Å². The number of amides is 1. The second kappa shape index (κ2) is 5.30. The Kier molecular flexibility index (Phi) is 3.76. The summed E-state index contributed by atoms with van der Waals surface area (Å²) in [4.78, 5) is 16.3. The molecule has 2 aromatic heterocycles. The average Bonchev–Trinajstić information content (AvgIpc) is 2.86.